The Hall–Kier alpha value is -6.05. The summed E-state index contributed by atoms with van der Waals surface area (Å²) in [7, 11) is 3.62. The molecule has 0 aliphatic carbocycles. The number of rotatable bonds is 9. The number of fused-ring (bicyclic) bond motifs is 8. The molecule has 0 unspecified atom stereocenters. The Morgan fingerprint density at radius 1 is 0.821 bits per heavy atom. The molecule has 0 spiro atoms. The molecule has 13 rings (SSSR count). The van der Waals surface area contributed by atoms with Crippen molar-refractivity contribution in [3.8, 4) is 33.9 Å². The molecular formula is C46H50Cl3F2N13O3. The van der Waals surface area contributed by atoms with E-state index in [1.807, 2.05) is 24.6 Å². The first kappa shape index (κ1) is 47.4. The van der Waals surface area contributed by atoms with Gasteiger partial charge in [-0.2, -0.15) is 9.97 Å². The zero-order chi connectivity index (χ0) is 46.1. The third-order valence-electron chi connectivity index (χ3n) is 12.5. The second kappa shape index (κ2) is 20.4. The summed E-state index contributed by atoms with van der Waals surface area (Å²) in [6, 6.07) is 10.9. The van der Waals surface area contributed by atoms with Crippen LogP contribution in [0.15, 0.2) is 94.7 Å². The van der Waals surface area contributed by atoms with E-state index in [1.54, 1.807) is 42.0 Å². The van der Waals surface area contributed by atoms with Crippen LogP contribution in [-0.2, 0) is 0 Å². The smallest absolute Gasteiger partial charge is 0.339 e. The fourth-order valence-corrected chi connectivity index (χ4v) is 9.80. The van der Waals surface area contributed by atoms with Crippen LogP contribution in [-0.4, -0.2) is 121 Å². The van der Waals surface area contributed by atoms with Gasteiger partial charge in [-0.15, -0.1) is 0 Å². The zero-order valence-corrected chi connectivity index (χ0v) is 39.0. The van der Waals surface area contributed by atoms with Crippen LogP contribution in [0.25, 0.3) is 45.6 Å². The molecule has 0 radical (unpaired) electrons. The van der Waals surface area contributed by atoms with Crippen molar-refractivity contribution in [3.63, 3.8) is 0 Å². The lowest BCUT2D eigenvalue weighted by Crippen LogP contribution is -3.00. The van der Waals surface area contributed by atoms with Gasteiger partial charge in [0.1, 0.15) is 46.9 Å². The van der Waals surface area contributed by atoms with Crippen LogP contribution < -0.4 is 34.2 Å². The maximum atomic E-state index is 13.6. The molecule has 2 aromatic carbocycles. The average molecular weight is 977 g/mol. The number of imidazole rings is 2. The summed E-state index contributed by atoms with van der Waals surface area (Å²) in [6.07, 6.45) is 16.2. The first-order valence-corrected chi connectivity index (χ1v) is 22.5. The van der Waals surface area contributed by atoms with Gasteiger partial charge < -0.3 is 36.4 Å². The van der Waals surface area contributed by atoms with Gasteiger partial charge in [0.25, 0.3) is 0 Å². The molecule has 7 aromatic rings. The normalized spacial score (nSPS) is 21.6. The molecule has 11 heterocycles. The summed E-state index contributed by atoms with van der Waals surface area (Å²) in [5, 5.41) is 4.00. The second-order valence-electron chi connectivity index (χ2n) is 17.1. The van der Waals surface area contributed by atoms with E-state index >= 15 is 0 Å². The van der Waals surface area contributed by atoms with Gasteiger partial charge in [0.05, 0.1) is 21.8 Å². The number of nitrogens with one attached hydrogen (secondary N) is 2. The van der Waals surface area contributed by atoms with E-state index in [1.165, 1.54) is 98.9 Å². The molecule has 0 saturated carbocycles. The van der Waals surface area contributed by atoms with Crippen molar-refractivity contribution in [3.05, 3.63) is 113 Å². The molecule has 6 N–H and O–H groups in total. The van der Waals surface area contributed by atoms with Crippen molar-refractivity contribution >= 4 is 52.6 Å². The van der Waals surface area contributed by atoms with Crippen LogP contribution in [0.4, 0.5) is 14.7 Å². The number of allylic oxidation sites excluding steroid dienone is 1. The number of benzene rings is 2. The molecule has 6 aliphatic heterocycles. The first-order chi connectivity index (χ1) is 31.9. The number of hydrogen-bond donors (Lipinski definition) is 4. The van der Waals surface area contributed by atoms with Crippen LogP contribution in [0.5, 0.6) is 0 Å². The Kier molecular flexibility index (Phi) is 14.5. The number of ketones is 1. The third-order valence-corrected chi connectivity index (χ3v) is 13.2. The van der Waals surface area contributed by atoms with E-state index in [-0.39, 0.29) is 34.1 Å². The monoisotopic (exact) mass is 975 g/mol. The second-order valence-corrected chi connectivity index (χ2v) is 17.9. The molecule has 6 fully saturated rings. The van der Waals surface area contributed by atoms with Gasteiger partial charge in [-0.3, -0.25) is 35.0 Å². The number of nitrogens with two attached hydrogens (primary N) is 2. The number of guanidine groups is 1. The number of carbonyl (C=O) groups is 1. The minimum atomic E-state index is -0.456. The van der Waals surface area contributed by atoms with Crippen molar-refractivity contribution in [2.45, 2.75) is 37.8 Å². The quantitative estimate of drug-likeness (QED) is 0.0715. The van der Waals surface area contributed by atoms with Crippen molar-refractivity contribution < 1.29 is 39.8 Å². The molecule has 67 heavy (non-hydrogen) atoms. The Labute approximate surface area is 401 Å². The topological polar surface area (TPSA) is 191 Å². The van der Waals surface area contributed by atoms with E-state index in [0.29, 0.717) is 69.7 Å². The molecule has 0 amide bonds. The third kappa shape index (κ3) is 10.4. The Balaban J connectivity index is 0.000000148. The molecule has 6 aliphatic rings. The van der Waals surface area contributed by atoms with E-state index in [0.717, 1.165) is 24.7 Å². The molecular weight excluding hydrogens is 927 g/mol. The van der Waals surface area contributed by atoms with Crippen molar-refractivity contribution in [2.75, 3.05) is 58.7 Å². The lowest BCUT2D eigenvalue weighted by atomic mass is 9.84. The Bertz CT molecular complexity index is 2910. The lowest BCUT2D eigenvalue weighted by Gasteiger charge is -2.44. The van der Waals surface area contributed by atoms with Gasteiger partial charge in [-0.1, -0.05) is 23.2 Å². The number of piperidine rings is 6. The van der Waals surface area contributed by atoms with Crippen LogP contribution in [0, 0.1) is 23.5 Å². The maximum Gasteiger partial charge on any atom is 0.339 e. The number of carbonyl (C=O) groups excluding carboxylic acids is 1. The predicted molar refractivity (Wildman–Crippen MR) is 248 cm³/mol. The van der Waals surface area contributed by atoms with Crippen molar-refractivity contribution in [1.29, 1.82) is 0 Å². The molecule has 4 bridgehead atoms. The highest BCUT2D eigenvalue weighted by Gasteiger charge is 2.36. The summed E-state index contributed by atoms with van der Waals surface area (Å²) in [5.41, 5.74) is 14.6. The number of anilines is 1. The van der Waals surface area contributed by atoms with Crippen molar-refractivity contribution in [2.24, 2.45) is 23.3 Å². The number of halogens is 5. The highest BCUT2D eigenvalue weighted by Crippen LogP contribution is 2.37. The Morgan fingerprint density at radius 2 is 1.40 bits per heavy atom. The van der Waals surface area contributed by atoms with Crippen molar-refractivity contribution in [1.82, 2.24) is 43.4 Å². The zero-order valence-electron chi connectivity index (χ0n) is 36.8. The van der Waals surface area contributed by atoms with E-state index < -0.39 is 11.6 Å². The predicted octanol–water partition coefficient (Wildman–Crippen LogP) is 2.43. The fraction of sp³-hybridized carbons (Fsp3) is 0.348. The molecule has 16 nitrogen and oxygen atoms in total. The van der Waals surface area contributed by atoms with Gasteiger partial charge in [0.2, 0.25) is 11.7 Å². The summed E-state index contributed by atoms with van der Waals surface area (Å²) in [6.45, 7) is 7.01. The largest absolute Gasteiger partial charge is 1.00 e. The Morgan fingerprint density at radius 3 is 1.97 bits per heavy atom. The van der Waals surface area contributed by atoms with E-state index in [2.05, 4.69) is 35.1 Å². The van der Waals surface area contributed by atoms with Gasteiger partial charge in [0.15, 0.2) is 0 Å². The summed E-state index contributed by atoms with van der Waals surface area (Å²) in [5.74, 6) is 1.96. The number of aromatic nitrogens is 6. The summed E-state index contributed by atoms with van der Waals surface area (Å²) in [4.78, 5) is 40.6. The highest BCUT2D eigenvalue weighted by atomic mass is 35.5. The fourth-order valence-electron chi connectivity index (χ4n) is 9.28. The lowest BCUT2D eigenvalue weighted by molar-refractivity contribution is -0.524. The number of oxazole rings is 2. The molecule has 2 atom stereocenters. The van der Waals surface area contributed by atoms with Gasteiger partial charge in [-0.05, 0) is 106 Å². The first-order valence-electron chi connectivity index (χ1n) is 21.8. The highest BCUT2D eigenvalue weighted by molar-refractivity contribution is 6.34. The maximum absolute atomic E-state index is 13.6. The molecule has 5 aromatic heterocycles. The van der Waals surface area contributed by atoms with E-state index in [4.69, 9.17) is 48.5 Å². The average Bonchev–Trinajstić information content (AvgIpc) is 4.10. The van der Waals surface area contributed by atoms with Gasteiger partial charge in [-0.25, -0.2) is 18.7 Å². The SMILES string of the molecule is CN(C)C=CC(=O)c1c(-c2ccc(F)cc2Cl)nc2occn12.Fc1ccc(-c2nc3occn3c2-c2ccnc(N[C@@H]3CN4CCC3CC4)n2)c(Cl)c1.NC(N)=[NH+][C@@H]1CN2CCC1CC2.[Cl-]. The van der Waals surface area contributed by atoms with Gasteiger partial charge in [0, 0.05) is 75.2 Å². The van der Waals surface area contributed by atoms with E-state index in [9.17, 15) is 13.6 Å². The molecule has 352 valence electrons. The number of hydrogen-bond acceptors (Lipinski definition) is 11. The van der Waals surface area contributed by atoms with Gasteiger partial charge >= 0.3 is 17.6 Å². The van der Waals surface area contributed by atoms with Crippen LogP contribution in [0.2, 0.25) is 10.0 Å². The van der Waals surface area contributed by atoms with Crippen LogP contribution >= 0.6 is 23.2 Å². The summed E-state index contributed by atoms with van der Waals surface area (Å²) >= 11 is 12.5. The standard InChI is InChI=1S/C22H20ClFN6O.C16H13ClFN3O2.C8H16N4.ClH/c23-16-11-14(24)1-2-15(16)19-20(30-9-10-31-22(30)28-19)17-3-6-25-21(26-17)27-18-12-29-7-4-13(18)5-8-29;1-20(2)6-5-13(22)15-14(19-16-21(15)7-8-23-16)11-4-3-10(18)9-12(11)17;9-8(10)11-7-5-12-3-1-6(7)2-4-12;/h1-3,6,9-11,13,18H,4-5,7-8,12H2,(H,25,26,27);3-9H,1-2H3;6-7H,1-5H2,(H4,9,10,11);1H/t18-;;7-;/m1.1./s1. The van der Waals surface area contributed by atoms with Crippen LogP contribution in [0.3, 0.4) is 0 Å². The minimum Gasteiger partial charge on any atom is -1.00 e. The summed E-state index contributed by atoms with van der Waals surface area (Å²) < 4.78 is 41.0. The number of nitrogens with zero attached hydrogens (tertiary/aromatic N) is 9. The molecule has 21 heteroatoms. The minimum absolute atomic E-state index is 0. The van der Waals surface area contributed by atoms with Crippen LogP contribution in [0.1, 0.15) is 36.2 Å². The molecule has 6 saturated heterocycles.